The molecule has 1 heterocycles. The fourth-order valence-electron chi connectivity index (χ4n) is 3.01. The standard InChI is InChI=1S/C16H22N4O/c1-11(2)20-15(18-10-19-20)9-17-16-13-6-4-5-12(13)7-8-14(16)21-3/h7-8,10-11,17H,4-6,9H2,1-3H3. The number of hydrogen-bond donors (Lipinski definition) is 1. The number of hydrogen-bond acceptors (Lipinski definition) is 4. The van der Waals surface area contributed by atoms with Gasteiger partial charge in [0.05, 0.1) is 19.3 Å². The summed E-state index contributed by atoms with van der Waals surface area (Å²) in [5, 5.41) is 7.79. The summed E-state index contributed by atoms with van der Waals surface area (Å²) < 4.78 is 7.46. The van der Waals surface area contributed by atoms with Gasteiger partial charge in [-0.15, -0.1) is 0 Å². The van der Waals surface area contributed by atoms with Gasteiger partial charge >= 0.3 is 0 Å². The van der Waals surface area contributed by atoms with Gasteiger partial charge in [-0.05, 0) is 50.3 Å². The predicted molar refractivity (Wildman–Crippen MR) is 82.8 cm³/mol. The highest BCUT2D eigenvalue weighted by Crippen LogP contribution is 2.36. The van der Waals surface area contributed by atoms with Crippen LogP contribution in [0.5, 0.6) is 5.75 Å². The minimum atomic E-state index is 0.313. The lowest BCUT2D eigenvalue weighted by Crippen LogP contribution is -2.13. The largest absolute Gasteiger partial charge is 0.495 e. The first-order chi connectivity index (χ1) is 10.2. The van der Waals surface area contributed by atoms with Crippen molar-refractivity contribution >= 4 is 5.69 Å². The molecule has 2 aromatic rings. The van der Waals surface area contributed by atoms with E-state index in [9.17, 15) is 0 Å². The number of aromatic nitrogens is 3. The lowest BCUT2D eigenvalue weighted by atomic mass is 10.1. The maximum Gasteiger partial charge on any atom is 0.146 e. The summed E-state index contributed by atoms with van der Waals surface area (Å²) >= 11 is 0. The predicted octanol–water partition coefficient (Wildman–Crippen LogP) is 2.97. The molecule has 1 aliphatic rings. The van der Waals surface area contributed by atoms with Gasteiger partial charge in [0.1, 0.15) is 17.9 Å². The molecular formula is C16H22N4O. The second-order valence-corrected chi connectivity index (χ2v) is 5.70. The Labute approximate surface area is 125 Å². The highest BCUT2D eigenvalue weighted by molar-refractivity contribution is 5.65. The average molecular weight is 286 g/mol. The zero-order valence-electron chi connectivity index (χ0n) is 12.9. The molecule has 1 aromatic carbocycles. The second kappa shape index (κ2) is 5.76. The number of rotatable bonds is 5. The highest BCUT2D eigenvalue weighted by atomic mass is 16.5. The maximum absolute atomic E-state index is 5.51. The van der Waals surface area contributed by atoms with E-state index in [1.165, 1.54) is 17.5 Å². The molecule has 3 rings (SSSR count). The lowest BCUT2D eigenvalue weighted by molar-refractivity contribution is 0.416. The molecule has 0 saturated carbocycles. The van der Waals surface area contributed by atoms with Crippen molar-refractivity contribution in [3.63, 3.8) is 0 Å². The van der Waals surface area contributed by atoms with Gasteiger partial charge < -0.3 is 10.1 Å². The Morgan fingerprint density at radius 3 is 2.95 bits per heavy atom. The lowest BCUT2D eigenvalue weighted by Gasteiger charge is -2.16. The fourth-order valence-corrected chi connectivity index (χ4v) is 3.01. The molecule has 5 nitrogen and oxygen atoms in total. The molecule has 112 valence electrons. The molecule has 0 bridgehead atoms. The van der Waals surface area contributed by atoms with Crippen LogP contribution in [0.1, 0.15) is 43.3 Å². The minimum Gasteiger partial charge on any atom is -0.495 e. The third-order valence-electron chi connectivity index (χ3n) is 4.02. The molecule has 0 fully saturated rings. The van der Waals surface area contributed by atoms with Gasteiger partial charge in [-0.2, -0.15) is 5.10 Å². The number of ether oxygens (including phenoxy) is 1. The van der Waals surface area contributed by atoms with Crippen LogP contribution in [0, 0.1) is 0 Å². The van der Waals surface area contributed by atoms with Crippen LogP contribution in [0.2, 0.25) is 0 Å². The summed E-state index contributed by atoms with van der Waals surface area (Å²) in [4.78, 5) is 4.35. The third-order valence-corrected chi connectivity index (χ3v) is 4.02. The Hall–Kier alpha value is -2.04. The minimum absolute atomic E-state index is 0.313. The smallest absolute Gasteiger partial charge is 0.146 e. The van der Waals surface area contributed by atoms with E-state index in [4.69, 9.17) is 4.74 Å². The maximum atomic E-state index is 5.51. The van der Waals surface area contributed by atoms with Crippen molar-refractivity contribution in [3.05, 3.63) is 35.4 Å². The van der Waals surface area contributed by atoms with E-state index in [0.29, 0.717) is 12.6 Å². The Bertz CT molecular complexity index is 633. The molecule has 0 saturated heterocycles. The van der Waals surface area contributed by atoms with E-state index in [-0.39, 0.29) is 0 Å². The van der Waals surface area contributed by atoms with Crippen LogP contribution < -0.4 is 10.1 Å². The van der Waals surface area contributed by atoms with Gasteiger partial charge in [0.15, 0.2) is 0 Å². The first-order valence-electron chi connectivity index (χ1n) is 7.51. The number of anilines is 1. The first kappa shape index (κ1) is 13.9. The van der Waals surface area contributed by atoms with Gasteiger partial charge in [-0.25, -0.2) is 9.67 Å². The zero-order chi connectivity index (χ0) is 14.8. The second-order valence-electron chi connectivity index (χ2n) is 5.70. The molecule has 0 spiro atoms. The SMILES string of the molecule is COc1ccc2c(c1NCc1ncnn1C(C)C)CCC2. The summed E-state index contributed by atoms with van der Waals surface area (Å²) in [6.45, 7) is 4.88. The van der Waals surface area contributed by atoms with Crippen molar-refractivity contribution in [3.8, 4) is 5.75 Å². The number of fused-ring (bicyclic) bond motifs is 1. The van der Waals surface area contributed by atoms with Gasteiger partial charge in [-0.1, -0.05) is 6.07 Å². The van der Waals surface area contributed by atoms with Crippen molar-refractivity contribution in [1.29, 1.82) is 0 Å². The topological polar surface area (TPSA) is 52.0 Å². The molecule has 0 atom stereocenters. The molecule has 0 radical (unpaired) electrons. The summed E-state index contributed by atoms with van der Waals surface area (Å²) in [6.07, 6.45) is 5.12. The van der Waals surface area contributed by atoms with Crippen LogP contribution in [0.15, 0.2) is 18.5 Å². The number of methoxy groups -OCH3 is 1. The Kier molecular flexibility index (Phi) is 3.82. The monoisotopic (exact) mass is 286 g/mol. The molecule has 1 N–H and O–H groups in total. The van der Waals surface area contributed by atoms with E-state index < -0.39 is 0 Å². The Morgan fingerprint density at radius 2 is 2.19 bits per heavy atom. The van der Waals surface area contributed by atoms with Gasteiger partial charge in [-0.3, -0.25) is 0 Å². The molecule has 0 amide bonds. The van der Waals surface area contributed by atoms with E-state index in [1.54, 1.807) is 13.4 Å². The summed E-state index contributed by atoms with van der Waals surface area (Å²) in [5.74, 6) is 1.86. The number of aryl methyl sites for hydroxylation is 1. The Morgan fingerprint density at radius 1 is 1.33 bits per heavy atom. The number of benzene rings is 1. The molecule has 1 aliphatic carbocycles. The number of nitrogens with one attached hydrogen (secondary N) is 1. The van der Waals surface area contributed by atoms with Gasteiger partial charge in [0.25, 0.3) is 0 Å². The quantitative estimate of drug-likeness (QED) is 0.918. The van der Waals surface area contributed by atoms with Gasteiger partial charge in [0, 0.05) is 6.04 Å². The molecule has 1 aromatic heterocycles. The molecule has 5 heteroatoms. The van der Waals surface area contributed by atoms with E-state index in [0.717, 1.165) is 30.1 Å². The van der Waals surface area contributed by atoms with Crippen LogP contribution in [0.4, 0.5) is 5.69 Å². The summed E-state index contributed by atoms with van der Waals surface area (Å²) in [6, 6.07) is 4.55. The fraction of sp³-hybridized carbons (Fsp3) is 0.500. The van der Waals surface area contributed by atoms with Gasteiger partial charge in [0.2, 0.25) is 0 Å². The summed E-state index contributed by atoms with van der Waals surface area (Å²) in [7, 11) is 1.72. The van der Waals surface area contributed by atoms with E-state index in [1.807, 2.05) is 4.68 Å². The van der Waals surface area contributed by atoms with Crippen molar-refractivity contribution in [2.75, 3.05) is 12.4 Å². The molecule has 21 heavy (non-hydrogen) atoms. The van der Waals surface area contributed by atoms with E-state index in [2.05, 4.69) is 41.4 Å². The first-order valence-corrected chi connectivity index (χ1v) is 7.51. The number of nitrogens with zero attached hydrogens (tertiary/aromatic N) is 3. The van der Waals surface area contributed by atoms with Crippen LogP contribution in [0.25, 0.3) is 0 Å². The highest BCUT2D eigenvalue weighted by Gasteiger charge is 2.19. The van der Waals surface area contributed by atoms with Crippen molar-refractivity contribution < 1.29 is 4.74 Å². The average Bonchev–Trinajstić information content (AvgIpc) is 3.13. The molecule has 0 unspecified atom stereocenters. The van der Waals surface area contributed by atoms with Crippen molar-refractivity contribution in [2.45, 2.75) is 45.7 Å². The molecule has 0 aliphatic heterocycles. The van der Waals surface area contributed by atoms with Crippen LogP contribution >= 0.6 is 0 Å². The normalized spacial score (nSPS) is 13.5. The summed E-state index contributed by atoms with van der Waals surface area (Å²) in [5.41, 5.74) is 3.94. The zero-order valence-corrected chi connectivity index (χ0v) is 12.9. The third kappa shape index (κ3) is 2.60. The molecular weight excluding hydrogens is 264 g/mol. The van der Waals surface area contributed by atoms with Crippen molar-refractivity contribution in [2.24, 2.45) is 0 Å². The van der Waals surface area contributed by atoms with E-state index >= 15 is 0 Å². The van der Waals surface area contributed by atoms with Crippen LogP contribution in [-0.4, -0.2) is 21.9 Å². The Balaban J connectivity index is 1.85. The van der Waals surface area contributed by atoms with Crippen LogP contribution in [0.3, 0.4) is 0 Å². The van der Waals surface area contributed by atoms with Crippen molar-refractivity contribution in [1.82, 2.24) is 14.8 Å². The van der Waals surface area contributed by atoms with Crippen LogP contribution in [-0.2, 0) is 19.4 Å².